The van der Waals surface area contributed by atoms with Crippen LogP contribution in [0.4, 0.5) is 0 Å². The second kappa shape index (κ2) is 12.3. The zero-order chi connectivity index (χ0) is 23.6. The van der Waals surface area contributed by atoms with Crippen LogP contribution < -0.4 is 10.1 Å². The molecule has 2 aromatic rings. The number of hydrogen-bond donors (Lipinski definition) is 5. The molecule has 0 bridgehead atoms. The fourth-order valence-corrected chi connectivity index (χ4v) is 3.95. The highest BCUT2D eigenvalue weighted by molar-refractivity contribution is 6.10. The van der Waals surface area contributed by atoms with Gasteiger partial charge < -0.3 is 30.4 Å². The summed E-state index contributed by atoms with van der Waals surface area (Å²) in [6, 6.07) is 13.0. The number of likely N-dealkylation sites (tertiary alicyclic amines) is 1. The Hall–Kier alpha value is -2.94. The van der Waals surface area contributed by atoms with E-state index in [1.807, 2.05) is 12.1 Å². The number of aromatic hydroxyl groups is 1. The number of benzene rings is 2. The fourth-order valence-electron chi connectivity index (χ4n) is 3.95. The van der Waals surface area contributed by atoms with Gasteiger partial charge in [0.1, 0.15) is 17.3 Å². The Balaban J connectivity index is 1.50. The predicted octanol–water partition coefficient (Wildman–Crippen LogP) is 2.75. The van der Waals surface area contributed by atoms with Crippen molar-refractivity contribution < 1.29 is 19.7 Å². The van der Waals surface area contributed by atoms with Crippen molar-refractivity contribution in [2.75, 3.05) is 40.0 Å². The van der Waals surface area contributed by atoms with Crippen LogP contribution in [-0.4, -0.2) is 72.7 Å². The van der Waals surface area contributed by atoms with Crippen LogP contribution in [0, 0.1) is 10.8 Å². The third-order valence-electron chi connectivity index (χ3n) is 5.72. The van der Waals surface area contributed by atoms with Crippen molar-refractivity contribution in [1.29, 1.82) is 10.8 Å². The van der Waals surface area contributed by atoms with Gasteiger partial charge in [0, 0.05) is 56.9 Å². The molecule has 8 nitrogen and oxygen atoms in total. The molecular formula is C25H34N4O4. The summed E-state index contributed by atoms with van der Waals surface area (Å²) in [4.78, 5) is 2.40. The van der Waals surface area contributed by atoms with Gasteiger partial charge in [0.15, 0.2) is 0 Å². The van der Waals surface area contributed by atoms with Gasteiger partial charge in [-0.1, -0.05) is 12.1 Å². The first kappa shape index (κ1) is 24.7. The third kappa shape index (κ3) is 7.28. The highest BCUT2D eigenvalue weighted by Crippen LogP contribution is 2.20. The Morgan fingerprint density at radius 1 is 1.09 bits per heavy atom. The minimum atomic E-state index is 0.0742. The average molecular weight is 455 g/mol. The molecule has 0 amide bonds. The lowest BCUT2D eigenvalue weighted by Gasteiger charge is -2.33. The summed E-state index contributed by atoms with van der Waals surface area (Å²) in [5, 5.41) is 38.8. The van der Waals surface area contributed by atoms with E-state index in [9.17, 15) is 5.11 Å². The minimum Gasteiger partial charge on any atom is -0.508 e. The molecule has 8 heteroatoms. The molecule has 1 aliphatic heterocycles. The number of ether oxygens (including phenoxy) is 2. The maximum absolute atomic E-state index is 9.90. The summed E-state index contributed by atoms with van der Waals surface area (Å²) in [5.74, 6) is 1.11. The van der Waals surface area contributed by atoms with Gasteiger partial charge in [0.2, 0.25) is 0 Å². The van der Waals surface area contributed by atoms with Crippen LogP contribution >= 0.6 is 0 Å². The Morgan fingerprint density at radius 3 is 2.48 bits per heavy atom. The zero-order valence-electron chi connectivity index (χ0n) is 19.1. The molecule has 0 unspecified atom stereocenters. The van der Waals surface area contributed by atoms with E-state index < -0.39 is 0 Å². The Morgan fingerprint density at radius 2 is 1.82 bits per heavy atom. The van der Waals surface area contributed by atoms with Crippen LogP contribution in [0.5, 0.6) is 11.5 Å². The van der Waals surface area contributed by atoms with E-state index >= 15 is 0 Å². The lowest BCUT2D eigenvalue weighted by Crippen LogP contribution is -2.44. The molecule has 2 aromatic carbocycles. The first-order valence-electron chi connectivity index (χ1n) is 11.3. The lowest BCUT2D eigenvalue weighted by molar-refractivity contribution is 0.199. The van der Waals surface area contributed by atoms with E-state index in [0.29, 0.717) is 24.2 Å². The molecular weight excluding hydrogens is 420 g/mol. The summed E-state index contributed by atoms with van der Waals surface area (Å²) in [6.45, 7) is 3.52. The number of phenolic OH excluding ortho intramolecular Hbond substituents is 1. The maximum atomic E-state index is 9.90. The molecule has 0 spiro atoms. The van der Waals surface area contributed by atoms with Crippen LogP contribution in [0.2, 0.25) is 0 Å². The van der Waals surface area contributed by atoms with Crippen molar-refractivity contribution >= 4 is 11.5 Å². The second-order valence-electron chi connectivity index (χ2n) is 8.28. The van der Waals surface area contributed by atoms with Gasteiger partial charge in [-0.3, -0.25) is 10.3 Å². The average Bonchev–Trinajstić information content (AvgIpc) is 2.81. The number of rotatable bonds is 11. The fraction of sp³-hybridized carbons (Fsp3) is 0.440. The highest BCUT2D eigenvalue weighted by atomic mass is 16.5. The van der Waals surface area contributed by atoms with Gasteiger partial charge in [-0.15, -0.1) is 0 Å². The number of nitrogens with one attached hydrogen (secondary N) is 3. The normalized spacial score (nSPS) is 14.7. The number of phenols is 1. The van der Waals surface area contributed by atoms with E-state index in [-0.39, 0.29) is 36.6 Å². The van der Waals surface area contributed by atoms with Crippen molar-refractivity contribution in [1.82, 2.24) is 10.2 Å². The van der Waals surface area contributed by atoms with Crippen molar-refractivity contribution in [3.05, 3.63) is 59.2 Å². The van der Waals surface area contributed by atoms with Crippen molar-refractivity contribution in [2.45, 2.75) is 31.8 Å². The molecule has 0 radical (unpaired) electrons. The van der Waals surface area contributed by atoms with Crippen LogP contribution in [0.15, 0.2) is 42.5 Å². The molecule has 33 heavy (non-hydrogen) atoms. The maximum Gasteiger partial charge on any atom is 0.126 e. The van der Waals surface area contributed by atoms with Gasteiger partial charge in [-0.05, 0) is 48.7 Å². The number of piperidine rings is 1. The van der Waals surface area contributed by atoms with Crippen molar-refractivity contribution in [3.63, 3.8) is 0 Å². The van der Waals surface area contributed by atoms with E-state index in [2.05, 4.69) is 22.3 Å². The monoisotopic (exact) mass is 454 g/mol. The first-order chi connectivity index (χ1) is 16.0. The molecule has 3 rings (SSSR count). The SMILES string of the molecule is COCC(=N)c1ccc(O)cc1C(=N)NC1CCN(Cc2ccc(OCCCO)cc2)CC1. The van der Waals surface area contributed by atoms with Gasteiger partial charge in [0.05, 0.1) is 18.9 Å². The Bertz CT molecular complexity index is 925. The molecule has 0 atom stereocenters. The van der Waals surface area contributed by atoms with Crippen LogP contribution in [-0.2, 0) is 11.3 Å². The summed E-state index contributed by atoms with van der Waals surface area (Å²) in [6.07, 6.45) is 2.45. The first-order valence-corrected chi connectivity index (χ1v) is 11.3. The minimum absolute atomic E-state index is 0.0742. The van der Waals surface area contributed by atoms with Gasteiger partial charge in [-0.2, -0.15) is 0 Å². The van der Waals surface area contributed by atoms with Crippen molar-refractivity contribution in [3.8, 4) is 11.5 Å². The number of aliphatic hydroxyl groups is 1. The number of hydrogen-bond acceptors (Lipinski definition) is 7. The quantitative estimate of drug-likeness (QED) is 0.202. The molecule has 1 aliphatic rings. The summed E-state index contributed by atoms with van der Waals surface area (Å²) in [7, 11) is 1.54. The van der Waals surface area contributed by atoms with Gasteiger partial charge in [-0.25, -0.2) is 0 Å². The predicted molar refractivity (Wildman–Crippen MR) is 129 cm³/mol. The molecule has 1 saturated heterocycles. The van der Waals surface area contributed by atoms with E-state index in [4.69, 9.17) is 25.4 Å². The number of nitrogens with zero attached hydrogens (tertiary/aromatic N) is 1. The number of aliphatic hydroxyl groups excluding tert-OH is 1. The van der Waals surface area contributed by atoms with Crippen LogP contribution in [0.3, 0.4) is 0 Å². The van der Waals surface area contributed by atoms with Crippen molar-refractivity contribution in [2.24, 2.45) is 0 Å². The van der Waals surface area contributed by atoms with E-state index in [0.717, 1.165) is 38.2 Å². The Kier molecular flexibility index (Phi) is 9.24. The van der Waals surface area contributed by atoms with Gasteiger partial charge in [0.25, 0.3) is 0 Å². The lowest BCUT2D eigenvalue weighted by atomic mass is 9.99. The molecule has 1 heterocycles. The Labute approximate surface area is 195 Å². The third-order valence-corrected chi connectivity index (χ3v) is 5.72. The summed E-state index contributed by atoms with van der Waals surface area (Å²) in [5.41, 5.74) is 2.61. The topological polar surface area (TPSA) is 122 Å². The van der Waals surface area contributed by atoms with E-state index in [1.165, 1.54) is 24.8 Å². The zero-order valence-corrected chi connectivity index (χ0v) is 19.1. The van der Waals surface area contributed by atoms with Gasteiger partial charge >= 0.3 is 0 Å². The standard InChI is InChI=1S/C25H34N4O4/c1-32-17-24(26)22-8-5-20(31)15-23(22)25(27)28-19-9-11-29(12-10-19)16-18-3-6-21(7-4-18)33-14-2-13-30/h3-8,15,19,26,30-31H,2,9-14,16-17H2,1H3,(H2,27,28). The summed E-state index contributed by atoms with van der Waals surface area (Å²) >= 11 is 0. The van der Waals surface area contributed by atoms with E-state index in [1.54, 1.807) is 6.07 Å². The smallest absolute Gasteiger partial charge is 0.126 e. The molecule has 0 aliphatic carbocycles. The molecule has 0 saturated carbocycles. The number of amidine groups is 1. The second-order valence-corrected chi connectivity index (χ2v) is 8.28. The molecule has 5 N–H and O–H groups in total. The van der Waals surface area contributed by atoms with Crippen LogP contribution in [0.25, 0.3) is 0 Å². The number of methoxy groups -OCH3 is 1. The molecule has 1 fully saturated rings. The summed E-state index contributed by atoms with van der Waals surface area (Å²) < 4.78 is 10.6. The molecule has 178 valence electrons. The van der Waals surface area contributed by atoms with Crippen LogP contribution in [0.1, 0.15) is 36.0 Å². The largest absolute Gasteiger partial charge is 0.508 e. The highest BCUT2D eigenvalue weighted by Gasteiger charge is 2.22. The molecule has 0 aromatic heterocycles.